The topological polar surface area (TPSA) is 82.2 Å². The second-order valence-electron chi connectivity index (χ2n) is 8.94. The standard InChI is InChI=1S/C22H32N4O4/c1-16-7-5-8-17(15-16)23-20(28)25-13-11-24(12-14-25)19(27)18-9-6-10-26(18)21(29)30-22(2,3)4/h5,7-8,15,18H,6,9-14H2,1-4H3,(H,23,28). The van der Waals surface area contributed by atoms with Gasteiger partial charge in [0.05, 0.1) is 0 Å². The number of nitrogens with one attached hydrogen (secondary N) is 1. The summed E-state index contributed by atoms with van der Waals surface area (Å²) < 4.78 is 5.46. The predicted octanol–water partition coefficient (Wildman–Crippen LogP) is 3.07. The lowest BCUT2D eigenvalue weighted by Crippen LogP contribution is -2.56. The third-order valence-electron chi connectivity index (χ3n) is 5.31. The van der Waals surface area contributed by atoms with E-state index in [1.807, 2.05) is 52.0 Å². The van der Waals surface area contributed by atoms with Gasteiger partial charge in [0.1, 0.15) is 11.6 Å². The second-order valence-corrected chi connectivity index (χ2v) is 8.94. The van der Waals surface area contributed by atoms with Crippen LogP contribution in [0.2, 0.25) is 0 Å². The minimum Gasteiger partial charge on any atom is -0.444 e. The molecule has 1 atom stereocenters. The van der Waals surface area contributed by atoms with Gasteiger partial charge in [0.25, 0.3) is 0 Å². The number of ether oxygens (including phenoxy) is 1. The SMILES string of the molecule is Cc1cccc(NC(=O)N2CCN(C(=O)C3CCCN3C(=O)OC(C)(C)C)CC2)c1. The molecular formula is C22H32N4O4. The second kappa shape index (κ2) is 8.93. The first-order chi connectivity index (χ1) is 14.1. The molecular weight excluding hydrogens is 384 g/mol. The number of amides is 4. The zero-order valence-corrected chi connectivity index (χ0v) is 18.3. The Labute approximate surface area is 178 Å². The fourth-order valence-electron chi connectivity index (χ4n) is 3.83. The highest BCUT2D eigenvalue weighted by molar-refractivity contribution is 5.90. The van der Waals surface area contributed by atoms with Gasteiger partial charge in [-0.15, -0.1) is 0 Å². The molecule has 2 aliphatic heterocycles. The van der Waals surface area contributed by atoms with Gasteiger partial charge in [-0.3, -0.25) is 9.69 Å². The Kier molecular flexibility index (Phi) is 6.53. The zero-order valence-electron chi connectivity index (χ0n) is 18.3. The smallest absolute Gasteiger partial charge is 0.410 e. The van der Waals surface area contributed by atoms with E-state index in [1.165, 1.54) is 0 Å². The molecule has 4 amide bonds. The van der Waals surface area contributed by atoms with Gasteiger partial charge in [-0.25, -0.2) is 9.59 Å². The highest BCUT2D eigenvalue weighted by Gasteiger charge is 2.39. The molecule has 1 unspecified atom stereocenters. The number of piperazine rings is 1. The number of rotatable bonds is 2. The van der Waals surface area contributed by atoms with Crippen molar-refractivity contribution in [2.24, 2.45) is 0 Å². The maximum absolute atomic E-state index is 13.0. The van der Waals surface area contributed by atoms with Crippen LogP contribution >= 0.6 is 0 Å². The number of nitrogens with zero attached hydrogens (tertiary/aromatic N) is 3. The highest BCUT2D eigenvalue weighted by Crippen LogP contribution is 2.23. The first kappa shape index (κ1) is 21.9. The molecule has 8 heteroatoms. The van der Waals surface area contributed by atoms with Crippen LogP contribution < -0.4 is 5.32 Å². The van der Waals surface area contributed by atoms with Crippen molar-refractivity contribution in [3.05, 3.63) is 29.8 Å². The average Bonchev–Trinajstić information content (AvgIpc) is 3.16. The third-order valence-corrected chi connectivity index (χ3v) is 5.31. The normalized spacial score (nSPS) is 19.6. The minimum absolute atomic E-state index is 0.0582. The summed E-state index contributed by atoms with van der Waals surface area (Å²) in [5, 5.41) is 2.91. The molecule has 0 saturated carbocycles. The van der Waals surface area contributed by atoms with Crippen LogP contribution in [0.15, 0.2) is 24.3 Å². The van der Waals surface area contributed by atoms with E-state index < -0.39 is 17.7 Å². The van der Waals surface area contributed by atoms with Gasteiger partial charge in [0.15, 0.2) is 0 Å². The molecule has 0 aromatic heterocycles. The summed E-state index contributed by atoms with van der Waals surface area (Å²) in [7, 11) is 0. The lowest BCUT2D eigenvalue weighted by molar-refractivity contribution is -0.137. The van der Waals surface area contributed by atoms with Crippen LogP contribution in [0.25, 0.3) is 0 Å². The molecule has 164 valence electrons. The van der Waals surface area contributed by atoms with Gasteiger partial charge in [0.2, 0.25) is 5.91 Å². The van der Waals surface area contributed by atoms with E-state index in [2.05, 4.69) is 5.32 Å². The molecule has 2 saturated heterocycles. The van der Waals surface area contributed by atoms with Crippen LogP contribution in [0.5, 0.6) is 0 Å². The van der Waals surface area contributed by atoms with Crippen molar-refractivity contribution in [3.63, 3.8) is 0 Å². The number of hydrogen-bond acceptors (Lipinski definition) is 4. The summed E-state index contributed by atoms with van der Waals surface area (Å²) in [6.07, 6.45) is 0.996. The Morgan fingerprint density at radius 2 is 1.70 bits per heavy atom. The Morgan fingerprint density at radius 3 is 2.33 bits per heavy atom. The first-order valence-electron chi connectivity index (χ1n) is 10.5. The van der Waals surface area contributed by atoms with E-state index in [-0.39, 0.29) is 11.9 Å². The molecule has 0 spiro atoms. The van der Waals surface area contributed by atoms with Crippen molar-refractivity contribution in [1.29, 1.82) is 0 Å². The number of benzene rings is 1. The Bertz CT molecular complexity index is 797. The van der Waals surface area contributed by atoms with E-state index in [1.54, 1.807) is 14.7 Å². The maximum Gasteiger partial charge on any atom is 0.410 e. The lowest BCUT2D eigenvalue weighted by Gasteiger charge is -2.37. The van der Waals surface area contributed by atoms with Gasteiger partial charge in [-0.2, -0.15) is 0 Å². The number of anilines is 1. The molecule has 1 aromatic rings. The van der Waals surface area contributed by atoms with Gasteiger partial charge in [0, 0.05) is 38.4 Å². The van der Waals surface area contributed by atoms with Crippen LogP contribution in [0.3, 0.4) is 0 Å². The molecule has 1 N–H and O–H groups in total. The molecule has 1 aromatic carbocycles. The molecule has 2 fully saturated rings. The maximum atomic E-state index is 13.0. The predicted molar refractivity (Wildman–Crippen MR) is 114 cm³/mol. The van der Waals surface area contributed by atoms with E-state index >= 15 is 0 Å². The molecule has 8 nitrogen and oxygen atoms in total. The number of aryl methyl sites for hydroxylation is 1. The summed E-state index contributed by atoms with van der Waals surface area (Å²) in [5.74, 6) is -0.0582. The molecule has 30 heavy (non-hydrogen) atoms. The highest BCUT2D eigenvalue weighted by atomic mass is 16.6. The number of urea groups is 1. The summed E-state index contributed by atoms with van der Waals surface area (Å²) >= 11 is 0. The molecule has 3 rings (SSSR count). The summed E-state index contributed by atoms with van der Waals surface area (Å²) in [6.45, 7) is 9.80. The van der Waals surface area contributed by atoms with Crippen LogP contribution in [0.4, 0.5) is 15.3 Å². The Morgan fingerprint density at radius 1 is 1.03 bits per heavy atom. The van der Waals surface area contributed by atoms with E-state index in [9.17, 15) is 14.4 Å². The quantitative estimate of drug-likeness (QED) is 0.803. The lowest BCUT2D eigenvalue weighted by atomic mass is 10.1. The minimum atomic E-state index is -0.594. The molecule has 0 bridgehead atoms. The number of carbonyl (C=O) groups is 3. The molecule has 0 radical (unpaired) electrons. The van der Waals surface area contributed by atoms with Crippen molar-refractivity contribution in [2.75, 3.05) is 38.0 Å². The zero-order chi connectivity index (χ0) is 21.9. The van der Waals surface area contributed by atoms with E-state index in [4.69, 9.17) is 4.74 Å². The summed E-state index contributed by atoms with van der Waals surface area (Å²) in [5.41, 5.74) is 1.25. The average molecular weight is 417 g/mol. The Hall–Kier alpha value is -2.77. The van der Waals surface area contributed by atoms with Crippen molar-refractivity contribution >= 4 is 23.7 Å². The molecule has 0 aliphatic carbocycles. The van der Waals surface area contributed by atoms with Crippen molar-refractivity contribution < 1.29 is 19.1 Å². The third kappa shape index (κ3) is 5.43. The van der Waals surface area contributed by atoms with Crippen molar-refractivity contribution in [1.82, 2.24) is 14.7 Å². The van der Waals surface area contributed by atoms with Crippen molar-refractivity contribution in [3.8, 4) is 0 Å². The molecule has 2 heterocycles. The fraction of sp³-hybridized carbons (Fsp3) is 0.591. The first-order valence-corrected chi connectivity index (χ1v) is 10.5. The van der Waals surface area contributed by atoms with Crippen LogP contribution in [-0.4, -0.2) is 77.1 Å². The fourth-order valence-corrected chi connectivity index (χ4v) is 3.83. The van der Waals surface area contributed by atoms with Gasteiger partial charge < -0.3 is 19.9 Å². The Balaban J connectivity index is 1.53. The monoisotopic (exact) mass is 416 g/mol. The van der Waals surface area contributed by atoms with Gasteiger partial charge in [-0.05, 0) is 58.2 Å². The van der Waals surface area contributed by atoms with Crippen molar-refractivity contribution in [2.45, 2.75) is 52.2 Å². The summed E-state index contributed by atoms with van der Waals surface area (Å²) in [4.78, 5) is 43.1. The van der Waals surface area contributed by atoms with Crippen LogP contribution in [0, 0.1) is 6.92 Å². The number of carbonyl (C=O) groups excluding carboxylic acids is 3. The van der Waals surface area contributed by atoms with E-state index in [0.717, 1.165) is 17.7 Å². The van der Waals surface area contributed by atoms with Gasteiger partial charge >= 0.3 is 12.1 Å². The van der Waals surface area contributed by atoms with Gasteiger partial charge in [-0.1, -0.05) is 12.1 Å². The number of likely N-dealkylation sites (tertiary alicyclic amines) is 1. The van der Waals surface area contributed by atoms with Crippen LogP contribution in [-0.2, 0) is 9.53 Å². The van der Waals surface area contributed by atoms with Crippen LogP contribution in [0.1, 0.15) is 39.2 Å². The number of hydrogen-bond donors (Lipinski definition) is 1. The molecule has 2 aliphatic rings. The van der Waals surface area contributed by atoms with E-state index in [0.29, 0.717) is 39.1 Å². The largest absolute Gasteiger partial charge is 0.444 e. The summed E-state index contributed by atoms with van der Waals surface area (Å²) in [6, 6.07) is 7.01.